The number of hydrogen-bond donors (Lipinski definition) is 1. The maximum absolute atomic E-state index is 12.7. The van der Waals surface area contributed by atoms with Crippen LogP contribution in [0.2, 0.25) is 5.02 Å². The molecule has 2 rings (SSSR count). The molecule has 0 aromatic heterocycles. The third-order valence-electron chi connectivity index (χ3n) is 4.18. The molecule has 4 heteroatoms. The van der Waals surface area contributed by atoms with Gasteiger partial charge in [-0.3, -0.25) is 0 Å². The average molecular weight is 333 g/mol. The molecular weight excluding hydrogens is 308 g/mol. The molecule has 0 aliphatic heterocycles. The van der Waals surface area contributed by atoms with Gasteiger partial charge in [0.15, 0.2) is 0 Å². The van der Waals surface area contributed by atoms with Gasteiger partial charge in [-0.2, -0.15) is 0 Å². The van der Waals surface area contributed by atoms with Crippen LogP contribution < -0.4 is 5.32 Å². The highest BCUT2D eigenvalue weighted by Gasteiger charge is 2.24. The summed E-state index contributed by atoms with van der Waals surface area (Å²) in [4.78, 5) is 14.7. The Bertz CT molecular complexity index is 533. The number of benzene rings is 1. The zero-order chi connectivity index (χ0) is 16.5. The van der Waals surface area contributed by atoms with Crippen molar-refractivity contribution in [3.05, 3.63) is 54.1 Å². The fourth-order valence-electron chi connectivity index (χ4n) is 2.98. The van der Waals surface area contributed by atoms with Gasteiger partial charge in [-0.1, -0.05) is 55.7 Å². The SMILES string of the molecule is C=C/C=C/CCN(C(=O)Nc1ccc(Cl)cc1)C1CCCCC1. The Hall–Kier alpha value is -1.74. The lowest BCUT2D eigenvalue weighted by Crippen LogP contribution is -2.44. The van der Waals surface area contributed by atoms with E-state index in [4.69, 9.17) is 11.6 Å². The van der Waals surface area contributed by atoms with E-state index in [0.29, 0.717) is 11.1 Å². The molecule has 0 atom stereocenters. The van der Waals surface area contributed by atoms with Gasteiger partial charge in [-0.15, -0.1) is 0 Å². The van der Waals surface area contributed by atoms with Crippen molar-refractivity contribution in [1.82, 2.24) is 4.90 Å². The van der Waals surface area contributed by atoms with Gasteiger partial charge >= 0.3 is 6.03 Å². The summed E-state index contributed by atoms with van der Waals surface area (Å²) in [5, 5.41) is 3.66. The minimum Gasteiger partial charge on any atom is -0.321 e. The first-order valence-corrected chi connectivity index (χ1v) is 8.69. The Morgan fingerprint density at radius 3 is 2.61 bits per heavy atom. The lowest BCUT2D eigenvalue weighted by molar-refractivity contribution is 0.169. The molecule has 1 aliphatic rings. The summed E-state index contributed by atoms with van der Waals surface area (Å²) in [6, 6.07) is 7.55. The molecule has 0 unspecified atom stereocenters. The molecule has 0 heterocycles. The first kappa shape index (κ1) is 17.6. The molecule has 23 heavy (non-hydrogen) atoms. The van der Waals surface area contributed by atoms with Gasteiger partial charge in [0.2, 0.25) is 0 Å². The van der Waals surface area contributed by atoms with Crippen molar-refractivity contribution in [3.8, 4) is 0 Å². The first-order chi connectivity index (χ1) is 11.2. The van der Waals surface area contributed by atoms with Crippen molar-refractivity contribution in [3.63, 3.8) is 0 Å². The van der Waals surface area contributed by atoms with Crippen LogP contribution in [0.1, 0.15) is 38.5 Å². The van der Waals surface area contributed by atoms with Gasteiger partial charge in [-0.05, 0) is 43.5 Å². The number of nitrogens with zero attached hydrogens (tertiary/aromatic N) is 1. The van der Waals surface area contributed by atoms with Gasteiger partial charge < -0.3 is 10.2 Å². The minimum atomic E-state index is -0.0220. The third-order valence-corrected chi connectivity index (χ3v) is 4.43. The number of hydrogen-bond acceptors (Lipinski definition) is 1. The van der Waals surface area contributed by atoms with Gasteiger partial charge in [0.1, 0.15) is 0 Å². The fraction of sp³-hybridized carbons (Fsp3) is 0.421. The molecular formula is C19H25ClN2O. The first-order valence-electron chi connectivity index (χ1n) is 8.31. The van der Waals surface area contributed by atoms with Gasteiger partial charge in [0, 0.05) is 23.3 Å². The van der Waals surface area contributed by atoms with Crippen LogP contribution in [0.15, 0.2) is 49.1 Å². The summed E-state index contributed by atoms with van der Waals surface area (Å²) in [5.74, 6) is 0. The number of anilines is 1. The Kier molecular flexibility index (Phi) is 7.21. The predicted molar refractivity (Wildman–Crippen MR) is 98.0 cm³/mol. The van der Waals surface area contributed by atoms with Crippen molar-refractivity contribution in [2.45, 2.75) is 44.6 Å². The number of urea groups is 1. The molecule has 0 bridgehead atoms. The average Bonchev–Trinajstić information content (AvgIpc) is 2.58. The molecule has 1 N–H and O–H groups in total. The molecule has 0 saturated heterocycles. The number of nitrogens with one attached hydrogen (secondary N) is 1. The van der Waals surface area contributed by atoms with Crippen LogP contribution in [0.5, 0.6) is 0 Å². The van der Waals surface area contributed by atoms with Crippen molar-refractivity contribution < 1.29 is 4.79 Å². The van der Waals surface area contributed by atoms with E-state index < -0.39 is 0 Å². The van der Waals surface area contributed by atoms with E-state index in [1.54, 1.807) is 18.2 Å². The third kappa shape index (κ3) is 5.76. The quantitative estimate of drug-likeness (QED) is 0.672. The van der Waals surface area contributed by atoms with E-state index in [1.807, 2.05) is 23.1 Å². The topological polar surface area (TPSA) is 32.3 Å². The number of rotatable bonds is 6. The Morgan fingerprint density at radius 2 is 1.96 bits per heavy atom. The van der Waals surface area contributed by atoms with E-state index in [9.17, 15) is 4.79 Å². The van der Waals surface area contributed by atoms with Crippen molar-refractivity contribution in [2.24, 2.45) is 0 Å². The van der Waals surface area contributed by atoms with Gasteiger partial charge in [0.25, 0.3) is 0 Å². The highest BCUT2D eigenvalue weighted by molar-refractivity contribution is 6.30. The van der Waals surface area contributed by atoms with Crippen LogP contribution in [0.3, 0.4) is 0 Å². The molecule has 1 aromatic carbocycles. The molecule has 0 spiro atoms. The van der Waals surface area contributed by atoms with E-state index in [2.05, 4.69) is 18.0 Å². The number of halogens is 1. The lowest BCUT2D eigenvalue weighted by atomic mass is 9.94. The number of carbonyl (C=O) groups excluding carboxylic acids is 1. The second-order valence-corrected chi connectivity index (χ2v) is 6.31. The van der Waals surface area contributed by atoms with Crippen molar-refractivity contribution in [2.75, 3.05) is 11.9 Å². The molecule has 3 nitrogen and oxygen atoms in total. The standard InChI is InChI=1S/C19H25ClN2O/c1-2-3-4-8-15-22(18-9-6-5-7-10-18)19(23)21-17-13-11-16(20)12-14-17/h2-4,11-14,18H,1,5-10,15H2,(H,21,23)/b4-3+. The molecule has 0 radical (unpaired) electrons. The van der Waals surface area contributed by atoms with E-state index in [1.165, 1.54) is 19.3 Å². The lowest BCUT2D eigenvalue weighted by Gasteiger charge is -2.34. The smallest absolute Gasteiger partial charge is 0.321 e. The monoisotopic (exact) mass is 332 g/mol. The summed E-state index contributed by atoms with van der Waals surface area (Å²) in [7, 11) is 0. The number of carbonyl (C=O) groups is 1. The Morgan fingerprint density at radius 1 is 1.26 bits per heavy atom. The minimum absolute atomic E-state index is 0.0220. The molecule has 1 fully saturated rings. The maximum Gasteiger partial charge on any atom is 0.322 e. The second-order valence-electron chi connectivity index (χ2n) is 5.87. The number of amides is 2. The summed E-state index contributed by atoms with van der Waals surface area (Å²) in [6.45, 7) is 4.41. The summed E-state index contributed by atoms with van der Waals surface area (Å²) in [5.41, 5.74) is 0.779. The van der Waals surface area contributed by atoms with Crippen LogP contribution in [0, 0.1) is 0 Å². The van der Waals surface area contributed by atoms with E-state index in [0.717, 1.165) is 31.5 Å². The number of allylic oxidation sites excluding steroid dienone is 2. The van der Waals surface area contributed by atoms with Crippen LogP contribution in [0.25, 0.3) is 0 Å². The molecule has 1 aliphatic carbocycles. The fourth-order valence-corrected chi connectivity index (χ4v) is 3.10. The largest absolute Gasteiger partial charge is 0.322 e. The highest BCUT2D eigenvalue weighted by Crippen LogP contribution is 2.24. The van der Waals surface area contributed by atoms with Crippen LogP contribution in [-0.4, -0.2) is 23.5 Å². The normalized spacial score (nSPS) is 15.5. The van der Waals surface area contributed by atoms with E-state index >= 15 is 0 Å². The van der Waals surface area contributed by atoms with Crippen molar-refractivity contribution >= 4 is 23.3 Å². The summed E-state index contributed by atoms with van der Waals surface area (Å²) < 4.78 is 0. The van der Waals surface area contributed by atoms with Crippen LogP contribution in [-0.2, 0) is 0 Å². The molecule has 2 amide bonds. The van der Waals surface area contributed by atoms with Crippen LogP contribution in [0.4, 0.5) is 10.5 Å². The van der Waals surface area contributed by atoms with Gasteiger partial charge in [-0.25, -0.2) is 4.79 Å². The zero-order valence-corrected chi connectivity index (χ0v) is 14.3. The predicted octanol–water partition coefficient (Wildman–Crippen LogP) is 5.64. The van der Waals surface area contributed by atoms with Crippen LogP contribution >= 0.6 is 11.6 Å². The van der Waals surface area contributed by atoms with Gasteiger partial charge in [0.05, 0.1) is 0 Å². The molecule has 1 saturated carbocycles. The second kappa shape index (κ2) is 9.41. The summed E-state index contributed by atoms with van der Waals surface area (Å²) in [6.07, 6.45) is 12.5. The van der Waals surface area contributed by atoms with Crippen molar-refractivity contribution in [1.29, 1.82) is 0 Å². The summed E-state index contributed by atoms with van der Waals surface area (Å²) >= 11 is 5.89. The Labute approximate surface area is 144 Å². The molecule has 124 valence electrons. The Balaban J connectivity index is 2.01. The highest BCUT2D eigenvalue weighted by atomic mass is 35.5. The van der Waals surface area contributed by atoms with E-state index in [-0.39, 0.29) is 6.03 Å². The maximum atomic E-state index is 12.7. The zero-order valence-electron chi connectivity index (χ0n) is 13.5. The molecule has 1 aromatic rings.